The van der Waals surface area contributed by atoms with Crippen LogP contribution in [0.15, 0.2) is 97.2 Å². The third-order valence-corrected chi connectivity index (χ3v) is 12.3. The lowest BCUT2D eigenvalue weighted by Gasteiger charge is -2.28. The van der Waals surface area contributed by atoms with Gasteiger partial charge in [0.2, 0.25) is 0 Å². The zero-order chi connectivity index (χ0) is 50.6. The van der Waals surface area contributed by atoms with E-state index in [0.717, 1.165) is 103 Å². The summed E-state index contributed by atoms with van der Waals surface area (Å²) in [6.45, 7) is 4.08. The number of allylic oxidation sites excluding steroid dienone is 16. The Morgan fingerprint density at radius 2 is 0.826 bits per heavy atom. The minimum Gasteiger partial charge on any atom is -0.756 e. The van der Waals surface area contributed by atoms with Crippen LogP contribution in [-0.4, -0.2) is 70.0 Å². The molecule has 10 heteroatoms. The molecule has 0 aromatic heterocycles. The molecule has 0 rings (SSSR count). The van der Waals surface area contributed by atoms with Crippen molar-refractivity contribution in [2.45, 2.75) is 219 Å². The normalized spacial score (nSPS) is 14.1. The van der Waals surface area contributed by atoms with Crippen molar-refractivity contribution in [1.82, 2.24) is 0 Å². The molecule has 0 saturated heterocycles. The van der Waals surface area contributed by atoms with Crippen molar-refractivity contribution < 1.29 is 42.1 Å². The highest BCUT2D eigenvalue weighted by Gasteiger charge is 2.21. The van der Waals surface area contributed by atoms with Crippen molar-refractivity contribution in [3.63, 3.8) is 0 Å². The molecule has 0 radical (unpaired) electrons. The summed E-state index contributed by atoms with van der Waals surface area (Å²) < 4.78 is 34.1. The summed E-state index contributed by atoms with van der Waals surface area (Å²) in [5, 5.41) is 0. The number of hydrogen-bond donors (Lipinski definition) is 0. The maximum Gasteiger partial charge on any atom is 0.306 e. The van der Waals surface area contributed by atoms with Gasteiger partial charge in [-0.1, -0.05) is 201 Å². The number of likely N-dealkylation sites (N-methyl/N-ethyl adjacent to an activating group) is 1. The standard InChI is InChI=1S/C59H102NO8P/c1-6-8-10-12-14-16-18-20-22-24-26-27-28-29-30-31-32-33-34-36-38-40-42-44-46-48-50-52-59(62)68-57(56-67-69(63,64)66-54-53-60(3,4)5)55-65-58(61)51-49-47-45-43-41-39-37-35-25-23-21-19-17-15-13-11-9-7-2/h8,10,14,16-17,19-20,22-23,25-27,29-30,32-33,57H,6-7,9,11-13,15,18,21,24,28,31,34-56H2,1-5H3/b10-8-,16-14-,19-17-,22-20-,25-23-,27-26-,30-29-,33-32-. The summed E-state index contributed by atoms with van der Waals surface area (Å²) in [6, 6.07) is 0. The highest BCUT2D eigenvalue weighted by atomic mass is 31.2. The molecule has 0 aliphatic carbocycles. The van der Waals surface area contributed by atoms with E-state index in [1.54, 1.807) is 0 Å². The molecule has 396 valence electrons. The van der Waals surface area contributed by atoms with Crippen LogP contribution >= 0.6 is 7.82 Å². The fourth-order valence-corrected chi connectivity index (χ4v) is 7.83. The second-order valence-corrected chi connectivity index (χ2v) is 20.6. The van der Waals surface area contributed by atoms with Gasteiger partial charge in [-0.15, -0.1) is 0 Å². The molecular formula is C59H102NO8P. The quantitative estimate of drug-likeness (QED) is 0.0195. The van der Waals surface area contributed by atoms with Gasteiger partial charge in [0, 0.05) is 12.8 Å². The first-order chi connectivity index (χ1) is 33.5. The third-order valence-electron chi connectivity index (χ3n) is 11.3. The van der Waals surface area contributed by atoms with Crippen molar-refractivity contribution in [2.24, 2.45) is 0 Å². The van der Waals surface area contributed by atoms with Gasteiger partial charge >= 0.3 is 11.9 Å². The largest absolute Gasteiger partial charge is 0.756 e. The average Bonchev–Trinajstić information content (AvgIpc) is 3.31. The molecule has 0 aliphatic heterocycles. The van der Waals surface area contributed by atoms with Gasteiger partial charge in [-0.3, -0.25) is 14.2 Å². The van der Waals surface area contributed by atoms with Gasteiger partial charge in [0.05, 0.1) is 27.7 Å². The number of carbonyl (C=O) groups is 2. The SMILES string of the molecule is CC/C=C\C/C=C\C/C=C\C/C=C\C/C=C\C/C=C\CCCCCCCCCCC(=O)OC(COC(=O)CCCCCCCCC/C=C\C/C=C\CCCCCC)COP(=O)([O-])OCC[N+](C)(C)C. The van der Waals surface area contributed by atoms with E-state index >= 15 is 0 Å². The summed E-state index contributed by atoms with van der Waals surface area (Å²) in [7, 11) is 1.14. The molecular weight excluding hydrogens is 882 g/mol. The van der Waals surface area contributed by atoms with Gasteiger partial charge in [-0.05, 0) is 96.3 Å². The fraction of sp³-hybridized carbons (Fsp3) is 0.695. The Bertz CT molecular complexity index is 1490. The molecule has 0 aromatic carbocycles. The van der Waals surface area contributed by atoms with E-state index in [0.29, 0.717) is 17.4 Å². The predicted molar refractivity (Wildman–Crippen MR) is 291 cm³/mol. The molecule has 0 fully saturated rings. The fourth-order valence-electron chi connectivity index (χ4n) is 7.10. The first-order valence-corrected chi connectivity index (χ1v) is 28.9. The molecule has 0 amide bonds. The number of esters is 2. The van der Waals surface area contributed by atoms with Crippen LogP contribution < -0.4 is 4.89 Å². The number of nitrogens with zero attached hydrogens (tertiary/aromatic N) is 1. The second-order valence-electron chi connectivity index (χ2n) is 19.2. The van der Waals surface area contributed by atoms with Crippen molar-refractivity contribution >= 4 is 19.8 Å². The number of rotatable bonds is 49. The van der Waals surface area contributed by atoms with Crippen LogP contribution in [0.3, 0.4) is 0 Å². The molecule has 0 bridgehead atoms. The third kappa shape index (κ3) is 54.1. The predicted octanol–water partition coefficient (Wildman–Crippen LogP) is 16.2. The molecule has 9 nitrogen and oxygen atoms in total. The lowest BCUT2D eigenvalue weighted by molar-refractivity contribution is -0.870. The van der Waals surface area contributed by atoms with Crippen LogP contribution in [0.4, 0.5) is 0 Å². The summed E-state index contributed by atoms with van der Waals surface area (Å²) in [5.41, 5.74) is 0. The Balaban J connectivity index is 4.26. The maximum absolute atomic E-state index is 12.8. The van der Waals surface area contributed by atoms with Crippen molar-refractivity contribution in [2.75, 3.05) is 47.5 Å². The molecule has 0 aliphatic rings. The van der Waals surface area contributed by atoms with Gasteiger partial charge in [0.15, 0.2) is 6.10 Å². The number of phosphoric acid groups is 1. The summed E-state index contributed by atoms with van der Waals surface area (Å²) >= 11 is 0. The van der Waals surface area contributed by atoms with E-state index in [1.165, 1.54) is 77.0 Å². The first-order valence-electron chi connectivity index (χ1n) is 27.4. The van der Waals surface area contributed by atoms with Crippen molar-refractivity contribution in [3.8, 4) is 0 Å². The molecule has 2 unspecified atom stereocenters. The average molecular weight is 984 g/mol. The minimum absolute atomic E-state index is 0.0389. The van der Waals surface area contributed by atoms with Crippen molar-refractivity contribution in [3.05, 3.63) is 97.2 Å². The van der Waals surface area contributed by atoms with Crippen LogP contribution in [0, 0.1) is 0 Å². The molecule has 0 aromatic rings. The summed E-state index contributed by atoms with van der Waals surface area (Å²) in [6.07, 6.45) is 67.2. The maximum atomic E-state index is 12.8. The Morgan fingerprint density at radius 1 is 0.464 bits per heavy atom. The molecule has 0 spiro atoms. The number of hydrogen-bond acceptors (Lipinski definition) is 8. The van der Waals surface area contributed by atoms with E-state index in [4.69, 9.17) is 18.5 Å². The first kappa shape index (κ1) is 65.9. The van der Waals surface area contributed by atoms with Gasteiger partial charge in [0.25, 0.3) is 7.82 Å². The summed E-state index contributed by atoms with van der Waals surface area (Å²) in [4.78, 5) is 37.8. The summed E-state index contributed by atoms with van der Waals surface area (Å²) in [5.74, 6) is -0.857. The van der Waals surface area contributed by atoms with E-state index < -0.39 is 32.5 Å². The van der Waals surface area contributed by atoms with E-state index in [1.807, 2.05) is 21.1 Å². The van der Waals surface area contributed by atoms with Crippen LogP contribution in [-0.2, 0) is 32.7 Å². The molecule has 69 heavy (non-hydrogen) atoms. The minimum atomic E-state index is -4.64. The Morgan fingerprint density at radius 3 is 1.23 bits per heavy atom. The number of quaternary nitrogens is 1. The Kier molecular flexibility index (Phi) is 47.7. The van der Waals surface area contributed by atoms with Crippen LogP contribution in [0.2, 0.25) is 0 Å². The highest BCUT2D eigenvalue weighted by Crippen LogP contribution is 2.38. The zero-order valence-electron chi connectivity index (χ0n) is 44.7. The molecule has 0 heterocycles. The van der Waals surface area contributed by atoms with Gasteiger partial charge < -0.3 is 27.9 Å². The lowest BCUT2D eigenvalue weighted by atomic mass is 10.1. The van der Waals surface area contributed by atoms with E-state index in [-0.39, 0.29) is 26.1 Å². The van der Waals surface area contributed by atoms with E-state index in [9.17, 15) is 19.0 Å². The number of phosphoric ester groups is 1. The molecule has 2 atom stereocenters. The zero-order valence-corrected chi connectivity index (χ0v) is 45.6. The Hall–Kier alpha value is -3.07. The monoisotopic (exact) mass is 984 g/mol. The van der Waals surface area contributed by atoms with Gasteiger partial charge in [-0.2, -0.15) is 0 Å². The Labute approximate surface area is 423 Å². The van der Waals surface area contributed by atoms with E-state index in [2.05, 4.69) is 111 Å². The number of ether oxygens (including phenoxy) is 2. The van der Waals surface area contributed by atoms with Crippen LogP contribution in [0.5, 0.6) is 0 Å². The molecule has 0 saturated carbocycles. The van der Waals surface area contributed by atoms with Gasteiger partial charge in [0.1, 0.15) is 19.8 Å². The van der Waals surface area contributed by atoms with Crippen LogP contribution in [0.25, 0.3) is 0 Å². The molecule has 0 N–H and O–H groups in total. The van der Waals surface area contributed by atoms with Crippen molar-refractivity contribution in [1.29, 1.82) is 0 Å². The highest BCUT2D eigenvalue weighted by molar-refractivity contribution is 7.45. The smallest absolute Gasteiger partial charge is 0.306 e. The number of carbonyl (C=O) groups excluding carboxylic acids is 2. The number of unbranched alkanes of at least 4 members (excludes halogenated alkanes) is 19. The lowest BCUT2D eigenvalue weighted by Crippen LogP contribution is -2.37. The second kappa shape index (κ2) is 49.9. The topological polar surface area (TPSA) is 111 Å². The van der Waals surface area contributed by atoms with Gasteiger partial charge in [-0.25, -0.2) is 0 Å². The van der Waals surface area contributed by atoms with Crippen LogP contribution in [0.1, 0.15) is 213 Å².